The van der Waals surface area contributed by atoms with Crippen molar-refractivity contribution in [2.75, 3.05) is 22.4 Å². The summed E-state index contributed by atoms with van der Waals surface area (Å²) in [4.78, 5) is 20.0. The van der Waals surface area contributed by atoms with Crippen molar-refractivity contribution in [3.63, 3.8) is 0 Å². The highest BCUT2D eigenvalue weighted by Crippen LogP contribution is 2.41. The number of anilines is 2. The predicted octanol–water partition coefficient (Wildman–Crippen LogP) is 5.23. The molecule has 1 aliphatic heterocycles. The molecule has 7 nitrogen and oxygen atoms in total. The van der Waals surface area contributed by atoms with Crippen LogP contribution in [0.15, 0.2) is 122 Å². The van der Waals surface area contributed by atoms with Gasteiger partial charge in [0.05, 0.1) is 30.4 Å². The van der Waals surface area contributed by atoms with Gasteiger partial charge >= 0.3 is 0 Å². The van der Waals surface area contributed by atoms with E-state index in [1.807, 2.05) is 73.2 Å². The zero-order valence-corrected chi connectivity index (χ0v) is 23.5. The van der Waals surface area contributed by atoms with Crippen molar-refractivity contribution in [3.8, 4) is 0 Å². The van der Waals surface area contributed by atoms with E-state index in [0.717, 1.165) is 34.2 Å². The molecule has 0 aliphatic carbocycles. The van der Waals surface area contributed by atoms with Crippen LogP contribution in [0.5, 0.6) is 0 Å². The van der Waals surface area contributed by atoms with Crippen LogP contribution in [0.1, 0.15) is 27.9 Å². The number of carbonyl (C=O) groups excluding carboxylic acids is 1. The van der Waals surface area contributed by atoms with Crippen LogP contribution in [0, 0.1) is 0 Å². The van der Waals surface area contributed by atoms with E-state index in [4.69, 9.17) is 4.98 Å². The number of benzene rings is 4. The molecule has 41 heavy (non-hydrogen) atoms. The van der Waals surface area contributed by atoms with Crippen molar-refractivity contribution in [1.82, 2.24) is 9.55 Å². The van der Waals surface area contributed by atoms with Crippen molar-refractivity contribution in [3.05, 3.63) is 150 Å². The van der Waals surface area contributed by atoms with Gasteiger partial charge in [0.2, 0.25) is 15.9 Å². The Morgan fingerprint density at radius 2 is 1.41 bits per heavy atom. The van der Waals surface area contributed by atoms with E-state index in [2.05, 4.69) is 45.7 Å². The number of amides is 1. The van der Waals surface area contributed by atoms with E-state index >= 15 is 0 Å². The lowest BCUT2D eigenvalue weighted by molar-refractivity contribution is -0.117. The first-order chi connectivity index (χ1) is 19.8. The number of sulfonamides is 1. The zero-order valence-electron chi connectivity index (χ0n) is 22.6. The van der Waals surface area contributed by atoms with Crippen molar-refractivity contribution in [1.29, 1.82) is 0 Å². The van der Waals surface area contributed by atoms with Crippen molar-refractivity contribution in [2.24, 2.45) is 0 Å². The zero-order chi connectivity index (χ0) is 28.5. The topological polar surface area (TPSA) is 84.3 Å². The van der Waals surface area contributed by atoms with Gasteiger partial charge in [-0.15, -0.1) is 0 Å². The minimum absolute atomic E-state index is 0.0877. The van der Waals surface area contributed by atoms with E-state index in [9.17, 15) is 13.2 Å². The SMILES string of the molecule is CS(=O)(=O)Nc1ccc2c(c1)N(C(=O)Cc1cn(C(c3ccccc3)(c3ccccc3)c3ccccc3)cn1)CC2. The van der Waals surface area contributed by atoms with E-state index in [-0.39, 0.29) is 12.3 Å². The molecular formula is C33H30N4O3S. The summed E-state index contributed by atoms with van der Waals surface area (Å²) in [6.07, 6.45) is 5.71. The van der Waals surface area contributed by atoms with Gasteiger partial charge in [-0.1, -0.05) is 97.1 Å². The summed E-state index contributed by atoms with van der Waals surface area (Å²) >= 11 is 0. The van der Waals surface area contributed by atoms with Gasteiger partial charge in [0.1, 0.15) is 5.54 Å². The quantitative estimate of drug-likeness (QED) is 0.263. The maximum Gasteiger partial charge on any atom is 0.233 e. The van der Waals surface area contributed by atoms with Crippen LogP contribution in [0.3, 0.4) is 0 Å². The Morgan fingerprint density at radius 3 is 1.95 bits per heavy atom. The fourth-order valence-corrected chi connectivity index (χ4v) is 6.34. The second-order valence-corrected chi connectivity index (χ2v) is 12.0. The van der Waals surface area contributed by atoms with Gasteiger partial charge in [-0.2, -0.15) is 0 Å². The first-order valence-electron chi connectivity index (χ1n) is 13.5. The van der Waals surface area contributed by atoms with Crippen molar-refractivity contribution >= 4 is 27.3 Å². The highest BCUT2D eigenvalue weighted by atomic mass is 32.2. The highest BCUT2D eigenvalue weighted by Gasteiger charge is 2.38. The number of aromatic nitrogens is 2. The van der Waals surface area contributed by atoms with Crippen LogP contribution in [0.4, 0.5) is 11.4 Å². The molecule has 0 spiro atoms. The van der Waals surface area contributed by atoms with E-state index in [1.165, 1.54) is 0 Å². The maximum absolute atomic E-state index is 13.6. The minimum atomic E-state index is -3.43. The Balaban J connectivity index is 1.37. The van der Waals surface area contributed by atoms with Gasteiger partial charge in [0, 0.05) is 18.4 Å². The smallest absolute Gasteiger partial charge is 0.233 e. The first-order valence-corrected chi connectivity index (χ1v) is 15.3. The summed E-state index contributed by atoms with van der Waals surface area (Å²) < 4.78 is 28.1. The van der Waals surface area contributed by atoms with Gasteiger partial charge in [-0.25, -0.2) is 13.4 Å². The lowest BCUT2D eigenvalue weighted by atomic mass is 9.77. The molecule has 5 aromatic rings. The molecule has 206 valence electrons. The Labute approximate surface area is 240 Å². The third-order valence-electron chi connectivity index (χ3n) is 7.52. The number of nitrogens with zero attached hydrogens (tertiary/aromatic N) is 3. The molecule has 8 heteroatoms. The van der Waals surface area contributed by atoms with Crippen LogP contribution in [-0.4, -0.2) is 36.7 Å². The molecule has 0 radical (unpaired) electrons. The van der Waals surface area contributed by atoms with Gasteiger partial charge in [0.15, 0.2) is 0 Å². The summed E-state index contributed by atoms with van der Waals surface area (Å²) in [5.41, 5.74) is 5.36. The van der Waals surface area contributed by atoms with Crippen molar-refractivity contribution < 1.29 is 13.2 Å². The van der Waals surface area contributed by atoms with Gasteiger partial charge in [-0.3, -0.25) is 9.52 Å². The van der Waals surface area contributed by atoms with Gasteiger partial charge < -0.3 is 9.47 Å². The van der Waals surface area contributed by atoms with Gasteiger partial charge in [0.25, 0.3) is 0 Å². The molecule has 2 heterocycles. The fraction of sp³-hybridized carbons (Fsp3) is 0.152. The maximum atomic E-state index is 13.6. The Morgan fingerprint density at radius 1 is 0.854 bits per heavy atom. The summed E-state index contributed by atoms with van der Waals surface area (Å²) in [7, 11) is -3.43. The molecule has 6 rings (SSSR count). The third-order valence-corrected chi connectivity index (χ3v) is 8.12. The van der Waals surface area contributed by atoms with Gasteiger partial charge in [-0.05, 0) is 40.8 Å². The molecule has 1 N–H and O–H groups in total. The molecule has 0 atom stereocenters. The average molecular weight is 563 g/mol. The van der Waals surface area contributed by atoms with Crippen LogP contribution >= 0.6 is 0 Å². The molecule has 0 bridgehead atoms. The van der Waals surface area contributed by atoms with Crippen LogP contribution in [0.25, 0.3) is 0 Å². The van der Waals surface area contributed by atoms with Crippen molar-refractivity contribution in [2.45, 2.75) is 18.4 Å². The Kier molecular flexibility index (Phi) is 6.93. The standard InChI is InChI=1S/C33H30N4O3S/c1-41(39,40)35-29-18-17-25-19-20-37(31(25)21-29)32(38)22-30-23-36(24-34-30)33(26-11-5-2-6-12-26,27-13-7-3-8-14-27)28-15-9-4-10-16-28/h2-18,21,23-24,35H,19-20,22H2,1H3. The molecular weight excluding hydrogens is 532 g/mol. The largest absolute Gasteiger partial charge is 0.319 e. The summed E-state index contributed by atoms with van der Waals surface area (Å²) in [6.45, 7) is 0.541. The number of hydrogen-bond donors (Lipinski definition) is 1. The molecule has 0 fully saturated rings. The Bertz CT molecular complexity index is 1690. The number of imidazole rings is 1. The molecule has 0 saturated carbocycles. The van der Waals surface area contributed by atoms with E-state index in [0.29, 0.717) is 24.3 Å². The second kappa shape index (κ2) is 10.7. The molecule has 0 saturated heterocycles. The summed E-state index contributed by atoms with van der Waals surface area (Å²) in [5.74, 6) is -0.0877. The average Bonchev–Trinajstić information content (AvgIpc) is 3.62. The highest BCUT2D eigenvalue weighted by molar-refractivity contribution is 7.92. The predicted molar refractivity (Wildman–Crippen MR) is 162 cm³/mol. The second-order valence-electron chi connectivity index (χ2n) is 10.3. The van der Waals surface area contributed by atoms with E-state index in [1.54, 1.807) is 17.0 Å². The molecule has 1 amide bonds. The molecule has 1 aliphatic rings. The minimum Gasteiger partial charge on any atom is -0.319 e. The lowest BCUT2D eigenvalue weighted by Crippen LogP contribution is -2.37. The van der Waals surface area contributed by atoms with Crippen LogP contribution in [-0.2, 0) is 33.2 Å². The third kappa shape index (κ3) is 5.14. The normalized spacial score (nSPS) is 13.1. The lowest BCUT2D eigenvalue weighted by Gasteiger charge is -2.37. The molecule has 1 aromatic heterocycles. The first kappa shape index (κ1) is 26.5. The fourth-order valence-electron chi connectivity index (χ4n) is 5.79. The molecule has 4 aromatic carbocycles. The molecule has 0 unspecified atom stereocenters. The van der Waals surface area contributed by atoms with E-state index < -0.39 is 15.6 Å². The summed E-state index contributed by atoms with van der Waals surface area (Å²) in [5, 5.41) is 0. The number of carbonyl (C=O) groups is 1. The number of fused-ring (bicyclic) bond motifs is 1. The van der Waals surface area contributed by atoms with Crippen LogP contribution < -0.4 is 9.62 Å². The monoisotopic (exact) mass is 562 g/mol. The number of hydrogen-bond acceptors (Lipinski definition) is 4. The number of nitrogens with one attached hydrogen (secondary N) is 1. The Hall–Kier alpha value is -4.69. The summed E-state index contributed by atoms with van der Waals surface area (Å²) in [6, 6.07) is 36.3. The van der Waals surface area contributed by atoms with Crippen LogP contribution in [0.2, 0.25) is 0 Å². The number of rotatable bonds is 8.